The van der Waals surface area contributed by atoms with Gasteiger partial charge in [-0.3, -0.25) is 19.7 Å². The van der Waals surface area contributed by atoms with Crippen LogP contribution in [0.1, 0.15) is 17.5 Å². The minimum absolute atomic E-state index is 0.295. The number of primary amides is 1. The molecule has 3 amide bonds. The van der Waals surface area contributed by atoms with Gasteiger partial charge >= 0.3 is 0 Å². The molecule has 9 heteroatoms. The number of nitrogens with zero attached hydrogens (tertiary/aromatic N) is 1. The zero-order valence-electron chi connectivity index (χ0n) is 16.9. The van der Waals surface area contributed by atoms with E-state index in [1.165, 1.54) is 12.0 Å². The van der Waals surface area contributed by atoms with Crippen LogP contribution in [0.5, 0.6) is 5.75 Å². The molecule has 4 N–H and O–H groups in total. The maximum Gasteiger partial charge on any atom is 0.254 e. The number of carbonyl (C=O) groups is 3. The van der Waals surface area contributed by atoms with E-state index in [2.05, 4.69) is 10.6 Å². The minimum atomic E-state index is -1.53. The molecule has 0 saturated carbocycles. The van der Waals surface area contributed by atoms with Gasteiger partial charge in [0, 0.05) is 35.9 Å². The van der Waals surface area contributed by atoms with E-state index in [0.717, 1.165) is 0 Å². The number of anilines is 1. The largest absolute Gasteiger partial charge is 0.496 e. The van der Waals surface area contributed by atoms with Gasteiger partial charge in [-0.2, -0.15) is 0 Å². The molecule has 0 saturated heterocycles. The highest BCUT2D eigenvalue weighted by Gasteiger charge is 2.52. The fraction of sp³-hybridized carbons (Fsp3) is 0.286. The first-order valence-corrected chi connectivity index (χ1v) is 9.60. The molecule has 1 aliphatic rings. The first-order chi connectivity index (χ1) is 14.2. The van der Waals surface area contributed by atoms with Crippen molar-refractivity contribution >= 4 is 35.0 Å². The van der Waals surface area contributed by atoms with E-state index < -0.39 is 29.3 Å². The van der Waals surface area contributed by atoms with Crippen molar-refractivity contribution in [1.29, 1.82) is 0 Å². The lowest BCUT2D eigenvalue weighted by Gasteiger charge is -2.35. The van der Waals surface area contributed by atoms with Gasteiger partial charge in [-0.1, -0.05) is 29.8 Å². The molecule has 0 aliphatic carbocycles. The Morgan fingerprint density at radius 1 is 1.23 bits per heavy atom. The molecular formula is C21H23ClN4O4. The molecule has 2 aromatic rings. The normalized spacial score (nSPS) is 18.3. The molecule has 0 radical (unpaired) electrons. The van der Waals surface area contributed by atoms with Gasteiger partial charge in [-0.05, 0) is 24.3 Å². The van der Waals surface area contributed by atoms with E-state index in [1.54, 1.807) is 56.6 Å². The van der Waals surface area contributed by atoms with Crippen molar-refractivity contribution < 1.29 is 19.1 Å². The fourth-order valence-corrected chi connectivity index (χ4v) is 3.86. The van der Waals surface area contributed by atoms with Crippen LogP contribution in [-0.4, -0.2) is 49.9 Å². The number of hydrogen-bond donors (Lipinski definition) is 3. The molecule has 0 aromatic heterocycles. The maximum absolute atomic E-state index is 13.4. The van der Waals surface area contributed by atoms with Crippen molar-refractivity contribution in [1.82, 2.24) is 10.2 Å². The summed E-state index contributed by atoms with van der Waals surface area (Å²) in [6.45, 7) is 0. The molecule has 30 heavy (non-hydrogen) atoms. The lowest BCUT2D eigenvalue weighted by molar-refractivity contribution is -0.134. The molecule has 158 valence electrons. The molecule has 8 nitrogen and oxygen atoms in total. The number of halogens is 1. The average molecular weight is 431 g/mol. The number of amides is 3. The van der Waals surface area contributed by atoms with Crippen LogP contribution >= 0.6 is 11.6 Å². The van der Waals surface area contributed by atoms with E-state index in [1.807, 2.05) is 0 Å². The highest BCUT2D eigenvalue weighted by molar-refractivity contribution is 6.31. The third kappa shape index (κ3) is 3.71. The van der Waals surface area contributed by atoms with E-state index in [0.29, 0.717) is 27.6 Å². The second-order valence-electron chi connectivity index (χ2n) is 7.19. The Bertz CT molecular complexity index is 1010. The van der Waals surface area contributed by atoms with Gasteiger partial charge in [0.15, 0.2) is 5.54 Å². The Morgan fingerprint density at radius 3 is 2.57 bits per heavy atom. The van der Waals surface area contributed by atoms with Gasteiger partial charge in [0.2, 0.25) is 11.8 Å². The van der Waals surface area contributed by atoms with E-state index in [4.69, 9.17) is 22.1 Å². The number of benzene rings is 2. The highest BCUT2D eigenvalue weighted by atomic mass is 35.5. The van der Waals surface area contributed by atoms with Crippen molar-refractivity contribution in [2.24, 2.45) is 5.73 Å². The van der Waals surface area contributed by atoms with E-state index >= 15 is 0 Å². The lowest BCUT2D eigenvalue weighted by atomic mass is 9.82. The molecular weight excluding hydrogens is 408 g/mol. The SMILES string of the molecule is COc1ccccc1C1(N[C@@H](CC(N)=O)C(=O)N(C)C)C(=O)Nc2ccc(Cl)cc21. The summed E-state index contributed by atoms with van der Waals surface area (Å²) in [6, 6.07) is 10.9. The van der Waals surface area contributed by atoms with Crippen molar-refractivity contribution in [2.75, 3.05) is 26.5 Å². The Labute approximate surface area is 179 Å². The Kier molecular flexibility index (Phi) is 6.00. The molecule has 2 atom stereocenters. The Balaban J connectivity index is 2.27. The monoisotopic (exact) mass is 430 g/mol. The predicted molar refractivity (Wildman–Crippen MR) is 113 cm³/mol. The molecule has 1 aliphatic heterocycles. The van der Waals surface area contributed by atoms with Crippen LogP contribution in [0.25, 0.3) is 0 Å². The molecule has 2 aromatic carbocycles. The number of nitrogens with one attached hydrogen (secondary N) is 2. The average Bonchev–Trinajstić information content (AvgIpc) is 2.98. The number of methoxy groups -OCH3 is 1. The van der Waals surface area contributed by atoms with Crippen molar-refractivity contribution in [3.8, 4) is 5.75 Å². The molecule has 1 unspecified atom stereocenters. The van der Waals surface area contributed by atoms with Crippen LogP contribution in [0.4, 0.5) is 5.69 Å². The number of carbonyl (C=O) groups excluding carboxylic acids is 3. The van der Waals surface area contributed by atoms with Gasteiger partial charge in [-0.25, -0.2) is 0 Å². The van der Waals surface area contributed by atoms with Crippen molar-refractivity contribution in [3.63, 3.8) is 0 Å². The summed E-state index contributed by atoms with van der Waals surface area (Å²) in [7, 11) is 4.62. The summed E-state index contributed by atoms with van der Waals surface area (Å²) < 4.78 is 5.51. The first kappa shape index (κ1) is 21.6. The van der Waals surface area contributed by atoms with Crippen molar-refractivity contribution in [3.05, 3.63) is 58.6 Å². The number of likely N-dealkylation sites (N-methyl/N-ethyl adjacent to an activating group) is 1. The first-order valence-electron chi connectivity index (χ1n) is 9.22. The smallest absolute Gasteiger partial charge is 0.254 e. The summed E-state index contributed by atoms with van der Waals surface area (Å²) in [5.41, 5.74) is 5.41. The topological polar surface area (TPSA) is 114 Å². The van der Waals surface area contributed by atoms with Crippen LogP contribution in [0, 0.1) is 0 Å². The van der Waals surface area contributed by atoms with Gasteiger partial charge in [0.25, 0.3) is 5.91 Å². The summed E-state index contributed by atoms with van der Waals surface area (Å²) in [5.74, 6) is -1.07. The quantitative estimate of drug-likeness (QED) is 0.615. The van der Waals surface area contributed by atoms with Crippen LogP contribution in [0.3, 0.4) is 0 Å². The molecule has 0 bridgehead atoms. The summed E-state index contributed by atoms with van der Waals surface area (Å²) in [4.78, 5) is 39.3. The summed E-state index contributed by atoms with van der Waals surface area (Å²) in [5, 5.41) is 6.37. The number of rotatable bonds is 7. The molecule has 1 heterocycles. The van der Waals surface area contributed by atoms with Crippen LogP contribution < -0.4 is 21.1 Å². The van der Waals surface area contributed by atoms with Crippen LogP contribution in [-0.2, 0) is 19.9 Å². The summed E-state index contributed by atoms with van der Waals surface area (Å²) >= 11 is 6.25. The number of ether oxygens (including phenoxy) is 1. The van der Waals surface area contributed by atoms with Gasteiger partial charge in [0.05, 0.1) is 19.6 Å². The molecule has 3 rings (SSSR count). The maximum atomic E-state index is 13.4. The molecule has 0 spiro atoms. The zero-order valence-corrected chi connectivity index (χ0v) is 17.6. The van der Waals surface area contributed by atoms with Crippen molar-refractivity contribution in [2.45, 2.75) is 18.0 Å². The van der Waals surface area contributed by atoms with E-state index in [-0.39, 0.29) is 6.42 Å². The van der Waals surface area contributed by atoms with Crippen LogP contribution in [0.15, 0.2) is 42.5 Å². The number of nitrogens with two attached hydrogens (primary N) is 1. The third-order valence-corrected chi connectivity index (χ3v) is 5.26. The lowest BCUT2D eigenvalue weighted by Crippen LogP contribution is -2.58. The Hall–Kier alpha value is -3.10. The Morgan fingerprint density at radius 2 is 1.93 bits per heavy atom. The summed E-state index contributed by atoms with van der Waals surface area (Å²) in [6.07, 6.45) is -0.295. The predicted octanol–water partition coefficient (Wildman–Crippen LogP) is 1.47. The second kappa shape index (κ2) is 8.33. The van der Waals surface area contributed by atoms with Gasteiger partial charge in [0.1, 0.15) is 5.75 Å². The number of hydrogen-bond acceptors (Lipinski definition) is 5. The van der Waals surface area contributed by atoms with Gasteiger partial charge < -0.3 is 20.7 Å². The number of para-hydroxylation sites is 1. The minimum Gasteiger partial charge on any atom is -0.496 e. The van der Waals surface area contributed by atoms with E-state index in [9.17, 15) is 14.4 Å². The second-order valence-corrected chi connectivity index (χ2v) is 7.63. The zero-order chi connectivity index (χ0) is 22.1. The number of fused-ring (bicyclic) bond motifs is 1. The third-order valence-electron chi connectivity index (χ3n) is 5.02. The fourth-order valence-electron chi connectivity index (χ4n) is 3.69. The molecule has 0 fully saturated rings. The van der Waals surface area contributed by atoms with Gasteiger partial charge in [-0.15, -0.1) is 0 Å². The standard InChI is InChI=1S/C21H23ClN4O4/c1-26(2)19(28)16(11-18(23)27)25-21(13-6-4-5-7-17(13)30-3)14-10-12(22)8-9-15(14)24-20(21)29/h4-10,16,25H,11H2,1-3H3,(H2,23,27)(H,24,29)/t16-,21?/m0/s1. The highest BCUT2D eigenvalue weighted by Crippen LogP contribution is 2.45. The van der Waals surface area contributed by atoms with Crippen LogP contribution in [0.2, 0.25) is 5.02 Å².